The summed E-state index contributed by atoms with van der Waals surface area (Å²) in [6, 6.07) is 10.9. The Bertz CT molecular complexity index is 1250. The predicted octanol–water partition coefficient (Wildman–Crippen LogP) is 2.56. The Morgan fingerprint density at radius 2 is 1.89 bits per heavy atom. The van der Waals surface area contributed by atoms with Crippen molar-refractivity contribution in [2.45, 2.75) is 11.8 Å². The number of hydrogen-bond acceptors (Lipinski definition) is 6. The highest BCUT2D eigenvalue weighted by atomic mass is 32.2. The SMILES string of the molecule is CCS(=O)(=O)c1cccc(C(=O)N=c2sc3cc(C(=O)OC)ccc3n2C)c1. The number of sulfone groups is 1. The molecule has 7 nitrogen and oxygen atoms in total. The van der Waals surface area contributed by atoms with Crippen molar-refractivity contribution in [1.82, 2.24) is 4.57 Å². The average Bonchev–Trinajstić information content (AvgIpc) is 3.02. The lowest BCUT2D eigenvalue weighted by Crippen LogP contribution is -2.13. The van der Waals surface area contributed by atoms with Gasteiger partial charge >= 0.3 is 5.97 Å². The molecule has 0 N–H and O–H groups in total. The fraction of sp³-hybridized carbons (Fsp3) is 0.211. The molecule has 0 atom stereocenters. The van der Waals surface area contributed by atoms with Gasteiger partial charge < -0.3 is 9.30 Å². The number of nitrogens with zero attached hydrogens (tertiary/aromatic N) is 2. The first-order valence-corrected chi connectivity index (χ1v) is 10.8. The molecule has 0 bridgehead atoms. The molecule has 3 rings (SSSR count). The second-order valence-electron chi connectivity index (χ2n) is 5.97. The Hall–Kier alpha value is -2.78. The van der Waals surface area contributed by atoms with Crippen LogP contribution in [-0.2, 0) is 21.6 Å². The van der Waals surface area contributed by atoms with E-state index in [9.17, 15) is 18.0 Å². The number of thiazole rings is 1. The van der Waals surface area contributed by atoms with Crippen LogP contribution in [-0.4, -0.2) is 37.7 Å². The van der Waals surface area contributed by atoms with E-state index in [0.29, 0.717) is 10.4 Å². The lowest BCUT2D eigenvalue weighted by molar-refractivity contribution is 0.0600. The fourth-order valence-corrected chi connectivity index (χ4v) is 4.61. The van der Waals surface area contributed by atoms with Crippen molar-refractivity contribution in [2.75, 3.05) is 12.9 Å². The van der Waals surface area contributed by atoms with Crippen LogP contribution in [0.25, 0.3) is 10.2 Å². The van der Waals surface area contributed by atoms with Gasteiger partial charge in [0.05, 0.1) is 33.5 Å². The topological polar surface area (TPSA) is 94.8 Å². The largest absolute Gasteiger partial charge is 0.465 e. The molecule has 0 spiro atoms. The van der Waals surface area contributed by atoms with E-state index in [1.54, 1.807) is 36.7 Å². The van der Waals surface area contributed by atoms with Gasteiger partial charge in [-0.05, 0) is 36.4 Å². The van der Waals surface area contributed by atoms with Crippen LogP contribution < -0.4 is 4.80 Å². The molecule has 3 aromatic rings. The van der Waals surface area contributed by atoms with E-state index in [2.05, 4.69) is 4.99 Å². The number of carbonyl (C=O) groups excluding carboxylic acids is 2. The summed E-state index contributed by atoms with van der Waals surface area (Å²) in [6.45, 7) is 1.55. The second kappa shape index (κ2) is 7.69. The second-order valence-corrected chi connectivity index (χ2v) is 9.25. The maximum atomic E-state index is 12.6. The number of ether oxygens (including phenoxy) is 1. The summed E-state index contributed by atoms with van der Waals surface area (Å²) >= 11 is 1.25. The van der Waals surface area contributed by atoms with Gasteiger partial charge in [0.15, 0.2) is 14.6 Å². The van der Waals surface area contributed by atoms with Gasteiger partial charge in [-0.15, -0.1) is 0 Å². The minimum Gasteiger partial charge on any atom is -0.465 e. The van der Waals surface area contributed by atoms with E-state index in [1.165, 1.54) is 42.7 Å². The molecule has 1 heterocycles. The van der Waals surface area contributed by atoms with Crippen molar-refractivity contribution >= 4 is 43.3 Å². The Kier molecular flexibility index (Phi) is 5.48. The molecular weight excluding hydrogens is 400 g/mol. The molecule has 0 aliphatic heterocycles. The number of esters is 1. The molecule has 9 heteroatoms. The molecule has 28 heavy (non-hydrogen) atoms. The van der Waals surface area contributed by atoms with Gasteiger partial charge in [-0.3, -0.25) is 4.79 Å². The molecule has 146 valence electrons. The van der Waals surface area contributed by atoms with Crippen LogP contribution in [0.1, 0.15) is 27.6 Å². The van der Waals surface area contributed by atoms with E-state index < -0.39 is 21.7 Å². The van der Waals surface area contributed by atoms with Crippen LogP contribution in [0, 0.1) is 0 Å². The van der Waals surface area contributed by atoms with Crippen molar-refractivity contribution < 1.29 is 22.7 Å². The van der Waals surface area contributed by atoms with Crippen molar-refractivity contribution in [3.8, 4) is 0 Å². The molecule has 1 amide bonds. The summed E-state index contributed by atoms with van der Waals surface area (Å²) in [5.41, 5.74) is 1.42. The zero-order valence-electron chi connectivity index (χ0n) is 15.5. The number of aryl methyl sites for hydroxylation is 1. The number of aromatic nitrogens is 1. The van der Waals surface area contributed by atoms with Crippen LogP contribution in [0.2, 0.25) is 0 Å². The molecular formula is C19H18N2O5S2. The Morgan fingerprint density at radius 3 is 2.57 bits per heavy atom. The zero-order chi connectivity index (χ0) is 20.5. The lowest BCUT2D eigenvalue weighted by atomic mass is 10.2. The number of amides is 1. The minimum atomic E-state index is -3.41. The van der Waals surface area contributed by atoms with Gasteiger partial charge in [-0.1, -0.05) is 24.3 Å². The molecule has 0 radical (unpaired) electrons. The van der Waals surface area contributed by atoms with Gasteiger partial charge in [-0.2, -0.15) is 4.99 Å². The van der Waals surface area contributed by atoms with Crippen molar-refractivity contribution in [3.63, 3.8) is 0 Å². The molecule has 0 saturated heterocycles. The van der Waals surface area contributed by atoms with Crippen LogP contribution in [0.5, 0.6) is 0 Å². The highest BCUT2D eigenvalue weighted by Crippen LogP contribution is 2.19. The van der Waals surface area contributed by atoms with E-state index in [4.69, 9.17) is 4.74 Å². The molecule has 1 aromatic heterocycles. The Morgan fingerprint density at radius 1 is 1.14 bits per heavy atom. The number of rotatable bonds is 4. The lowest BCUT2D eigenvalue weighted by Gasteiger charge is -2.02. The summed E-state index contributed by atoms with van der Waals surface area (Å²) in [5, 5.41) is 0. The maximum Gasteiger partial charge on any atom is 0.337 e. The summed E-state index contributed by atoms with van der Waals surface area (Å²) in [6.07, 6.45) is 0. The third-order valence-electron chi connectivity index (χ3n) is 4.25. The van der Waals surface area contributed by atoms with Crippen molar-refractivity contribution in [2.24, 2.45) is 12.0 Å². The van der Waals surface area contributed by atoms with Gasteiger partial charge in [0.25, 0.3) is 5.91 Å². The monoisotopic (exact) mass is 418 g/mol. The summed E-state index contributed by atoms with van der Waals surface area (Å²) in [5.74, 6) is -1.03. The first kappa shape index (κ1) is 20.0. The van der Waals surface area contributed by atoms with Gasteiger partial charge in [0.1, 0.15) is 0 Å². The summed E-state index contributed by atoms with van der Waals surface area (Å²) in [7, 11) is -0.334. The Labute approximate surface area is 165 Å². The van der Waals surface area contributed by atoms with Crippen molar-refractivity contribution in [1.29, 1.82) is 0 Å². The number of benzene rings is 2. The van der Waals surface area contributed by atoms with E-state index in [0.717, 1.165) is 10.2 Å². The molecule has 0 aliphatic rings. The van der Waals surface area contributed by atoms with Crippen LogP contribution in [0.4, 0.5) is 0 Å². The fourth-order valence-electron chi connectivity index (χ4n) is 2.63. The first-order chi connectivity index (χ1) is 13.3. The molecule has 0 saturated carbocycles. The van der Waals surface area contributed by atoms with Gasteiger partial charge in [-0.25, -0.2) is 13.2 Å². The number of hydrogen-bond donors (Lipinski definition) is 0. The number of carbonyl (C=O) groups is 2. The number of methoxy groups -OCH3 is 1. The van der Waals surface area contributed by atoms with Gasteiger partial charge in [0.2, 0.25) is 0 Å². The minimum absolute atomic E-state index is 0.0460. The third-order valence-corrected chi connectivity index (χ3v) is 7.07. The standard InChI is InChI=1S/C19H18N2O5S2/c1-4-28(24,25)14-7-5-6-12(10-14)17(22)20-19-21(2)15-9-8-13(18(23)26-3)11-16(15)27-19/h5-11H,4H2,1-3H3. The van der Waals surface area contributed by atoms with Crippen LogP contribution >= 0.6 is 11.3 Å². The normalized spacial score (nSPS) is 12.3. The van der Waals surface area contributed by atoms with E-state index in [-0.39, 0.29) is 16.2 Å². The van der Waals surface area contributed by atoms with Crippen LogP contribution in [0.15, 0.2) is 52.4 Å². The van der Waals surface area contributed by atoms with Gasteiger partial charge in [0, 0.05) is 12.6 Å². The summed E-state index contributed by atoms with van der Waals surface area (Å²) in [4.78, 5) is 29.0. The molecule has 0 aliphatic carbocycles. The number of fused-ring (bicyclic) bond motifs is 1. The molecule has 0 unspecified atom stereocenters. The average molecular weight is 418 g/mol. The first-order valence-electron chi connectivity index (χ1n) is 8.36. The summed E-state index contributed by atoms with van der Waals surface area (Å²) < 4.78 is 31.3. The van der Waals surface area contributed by atoms with E-state index in [1.807, 2.05) is 0 Å². The van der Waals surface area contributed by atoms with Crippen molar-refractivity contribution in [3.05, 3.63) is 58.4 Å². The third kappa shape index (κ3) is 3.76. The predicted molar refractivity (Wildman–Crippen MR) is 106 cm³/mol. The quantitative estimate of drug-likeness (QED) is 0.607. The van der Waals surface area contributed by atoms with Crippen LogP contribution in [0.3, 0.4) is 0 Å². The highest BCUT2D eigenvalue weighted by molar-refractivity contribution is 7.91. The molecule has 0 fully saturated rings. The zero-order valence-corrected chi connectivity index (χ0v) is 17.1. The highest BCUT2D eigenvalue weighted by Gasteiger charge is 2.15. The molecule has 2 aromatic carbocycles. The maximum absolute atomic E-state index is 12.6. The van der Waals surface area contributed by atoms with E-state index >= 15 is 0 Å². The Balaban J connectivity index is 2.05. The smallest absolute Gasteiger partial charge is 0.337 e.